The molecule has 0 saturated heterocycles. The number of hydrazone groups is 1. The van der Waals surface area contributed by atoms with Gasteiger partial charge in [0, 0.05) is 10.0 Å². The van der Waals surface area contributed by atoms with E-state index < -0.39 is 5.91 Å². The largest absolute Gasteiger partial charge is 0.497 e. The van der Waals surface area contributed by atoms with Gasteiger partial charge < -0.3 is 14.5 Å². The van der Waals surface area contributed by atoms with E-state index in [2.05, 4.69) is 31.8 Å². The number of halogens is 1. The summed E-state index contributed by atoms with van der Waals surface area (Å²) in [5.74, 6) is 1.20. The molecule has 7 nitrogen and oxygen atoms in total. The van der Waals surface area contributed by atoms with Gasteiger partial charge in [-0.05, 0) is 54.4 Å². The Bertz CT molecular complexity index is 1090. The van der Waals surface area contributed by atoms with Crippen LogP contribution in [0.2, 0.25) is 0 Å². The van der Waals surface area contributed by atoms with Crippen LogP contribution in [0.3, 0.4) is 0 Å². The fourth-order valence-corrected chi connectivity index (χ4v) is 3.45. The van der Waals surface area contributed by atoms with E-state index in [1.54, 1.807) is 37.4 Å². The number of benzene rings is 2. The van der Waals surface area contributed by atoms with Crippen molar-refractivity contribution in [2.75, 3.05) is 13.7 Å². The van der Waals surface area contributed by atoms with Crippen LogP contribution in [0.4, 0.5) is 0 Å². The summed E-state index contributed by atoms with van der Waals surface area (Å²) in [5, 5.41) is 6.43. The highest BCUT2D eigenvalue weighted by atomic mass is 79.9. The molecule has 160 valence electrons. The fraction of sp³-hybridized carbons (Fsp3) is 0.174. The molecule has 0 unspecified atom stereocenters. The van der Waals surface area contributed by atoms with Crippen LogP contribution in [0, 0.1) is 6.92 Å². The molecule has 1 aromatic heterocycles. The van der Waals surface area contributed by atoms with Crippen molar-refractivity contribution in [1.82, 2.24) is 10.7 Å². The number of carbonyl (C=O) groups excluding carboxylic acids is 2. The molecular weight excluding hydrogens is 462 g/mol. The van der Waals surface area contributed by atoms with E-state index in [9.17, 15) is 9.59 Å². The highest BCUT2D eigenvalue weighted by molar-refractivity contribution is 9.10. The molecule has 2 aromatic carbocycles. The Morgan fingerprint density at radius 3 is 2.58 bits per heavy atom. The van der Waals surface area contributed by atoms with E-state index in [1.165, 1.54) is 6.21 Å². The highest BCUT2D eigenvalue weighted by Gasteiger charge is 2.09. The number of furan rings is 1. The first kappa shape index (κ1) is 22.3. The zero-order valence-electron chi connectivity index (χ0n) is 17.1. The fourth-order valence-electron chi connectivity index (χ4n) is 2.76. The summed E-state index contributed by atoms with van der Waals surface area (Å²) in [6.45, 7) is 1.84. The maximum atomic E-state index is 12.0. The van der Waals surface area contributed by atoms with Gasteiger partial charge in [0.05, 0.1) is 26.3 Å². The molecule has 0 spiro atoms. The summed E-state index contributed by atoms with van der Waals surface area (Å²) in [6.07, 6.45) is 1.58. The van der Waals surface area contributed by atoms with E-state index in [0.717, 1.165) is 26.9 Å². The first-order chi connectivity index (χ1) is 14.9. The normalized spacial score (nSPS) is 10.8. The SMILES string of the molecule is COc1ccc(CC(=O)NCC(=O)N/N=C/c2ccc(-c3ccc(C)cc3Br)o2)cc1. The zero-order valence-corrected chi connectivity index (χ0v) is 18.7. The average molecular weight is 484 g/mol. The van der Waals surface area contributed by atoms with Crippen molar-refractivity contribution < 1.29 is 18.7 Å². The second-order valence-electron chi connectivity index (χ2n) is 6.78. The number of hydrogen-bond acceptors (Lipinski definition) is 5. The Hall–Kier alpha value is -3.39. The van der Waals surface area contributed by atoms with E-state index in [4.69, 9.17) is 9.15 Å². The summed E-state index contributed by atoms with van der Waals surface area (Å²) >= 11 is 3.53. The van der Waals surface area contributed by atoms with Gasteiger partial charge in [-0.2, -0.15) is 5.10 Å². The molecule has 0 aliphatic carbocycles. The van der Waals surface area contributed by atoms with Gasteiger partial charge in [-0.25, -0.2) is 5.43 Å². The van der Waals surface area contributed by atoms with Gasteiger partial charge in [0.1, 0.15) is 17.3 Å². The average Bonchev–Trinajstić information content (AvgIpc) is 3.21. The standard InChI is InChI=1S/C23H22BrN3O4/c1-15-3-9-19(20(24)11-15)21-10-8-18(31-21)13-26-27-23(29)14-25-22(28)12-16-4-6-17(30-2)7-5-16/h3-11,13H,12,14H2,1-2H3,(H,25,28)(H,27,29)/b26-13+. The van der Waals surface area contributed by atoms with Gasteiger partial charge in [0.15, 0.2) is 0 Å². The predicted molar refractivity (Wildman–Crippen MR) is 122 cm³/mol. The van der Waals surface area contributed by atoms with Crippen molar-refractivity contribution in [1.29, 1.82) is 0 Å². The molecule has 0 radical (unpaired) electrons. The summed E-state index contributed by atoms with van der Waals surface area (Å²) in [5.41, 5.74) is 5.25. The Labute approximate surface area is 188 Å². The smallest absolute Gasteiger partial charge is 0.259 e. The van der Waals surface area contributed by atoms with Gasteiger partial charge in [0.25, 0.3) is 5.91 Å². The van der Waals surface area contributed by atoms with E-state index >= 15 is 0 Å². The molecule has 0 saturated carbocycles. The molecule has 3 rings (SSSR count). The summed E-state index contributed by atoms with van der Waals surface area (Å²) in [6, 6.07) is 16.7. The first-order valence-electron chi connectivity index (χ1n) is 9.52. The number of ether oxygens (including phenoxy) is 1. The molecule has 0 aliphatic heterocycles. The molecule has 1 heterocycles. The summed E-state index contributed by atoms with van der Waals surface area (Å²) in [4.78, 5) is 23.9. The summed E-state index contributed by atoms with van der Waals surface area (Å²) in [7, 11) is 1.58. The van der Waals surface area contributed by atoms with Crippen LogP contribution >= 0.6 is 15.9 Å². The lowest BCUT2D eigenvalue weighted by Gasteiger charge is -2.05. The van der Waals surface area contributed by atoms with E-state index in [1.807, 2.05) is 31.2 Å². The summed E-state index contributed by atoms with van der Waals surface area (Å²) < 4.78 is 11.8. The lowest BCUT2D eigenvalue weighted by Crippen LogP contribution is -2.35. The monoisotopic (exact) mass is 483 g/mol. The van der Waals surface area contributed by atoms with Crippen molar-refractivity contribution in [2.45, 2.75) is 13.3 Å². The van der Waals surface area contributed by atoms with Crippen LogP contribution in [0.15, 0.2) is 68.6 Å². The van der Waals surface area contributed by atoms with Crippen LogP contribution in [0.25, 0.3) is 11.3 Å². The third-order valence-corrected chi connectivity index (χ3v) is 5.02. The van der Waals surface area contributed by atoms with Gasteiger partial charge in [-0.15, -0.1) is 0 Å². The Morgan fingerprint density at radius 2 is 1.87 bits per heavy atom. The van der Waals surface area contributed by atoms with E-state index in [0.29, 0.717) is 11.5 Å². The Balaban J connectivity index is 1.45. The second-order valence-corrected chi connectivity index (χ2v) is 7.63. The minimum absolute atomic E-state index is 0.171. The molecule has 2 N–H and O–H groups in total. The lowest BCUT2D eigenvalue weighted by atomic mass is 10.1. The van der Waals surface area contributed by atoms with E-state index in [-0.39, 0.29) is 18.9 Å². The van der Waals surface area contributed by atoms with Crippen molar-refractivity contribution >= 4 is 34.0 Å². The molecule has 0 bridgehead atoms. The first-order valence-corrected chi connectivity index (χ1v) is 10.3. The topological polar surface area (TPSA) is 92.9 Å². The molecule has 31 heavy (non-hydrogen) atoms. The Kier molecular flexibility index (Phi) is 7.61. The number of nitrogens with zero attached hydrogens (tertiary/aromatic N) is 1. The van der Waals surface area contributed by atoms with Crippen LogP contribution in [-0.2, 0) is 16.0 Å². The van der Waals surface area contributed by atoms with Gasteiger partial charge in [-0.3, -0.25) is 9.59 Å². The van der Waals surface area contributed by atoms with Crippen molar-refractivity contribution in [3.8, 4) is 17.1 Å². The maximum Gasteiger partial charge on any atom is 0.259 e. The van der Waals surface area contributed by atoms with Gasteiger partial charge >= 0.3 is 0 Å². The van der Waals surface area contributed by atoms with Crippen LogP contribution in [0.5, 0.6) is 5.75 Å². The van der Waals surface area contributed by atoms with Crippen LogP contribution in [-0.4, -0.2) is 31.7 Å². The number of carbonyl (C=O) groups is 2. The minimum Gasteiger partial charge on any atom is -0.497 e. The van der Waals surface area contributed by atoms with Crippen molar-refractivity contribution in [3.63, 3.8) is 0 Å². The molecule has 0 fully saturated rings. The molecular formula is C23H22BrN3O4. The zero-order chi connectivity index (χ0) is 22.2. The predicted octanol–water partition coefficient (Wildman–Crippen LogP) is 3.84. The molecule has 2 amide bonds. The lowest BCUT2D eigenvalue weighted by molar-refractivity contribution is -0.125. The van der Waals surface area contributed by atoms with Gasteiger partial charge in [0.2, 0.25) is 5.91 Å². The van der Waals surface area contributed by atoms with Crippen molar-refractivity contribution in [3.05, 3.63) is 76.0 Å². The molecule has 8 heteroatoms. The Morgan fingerprint density at radius 1 is 1.10 bits per heavy atom. The number of rotatable bonds is 8. The van der Waals surface area contributed by atoms with Gasteiger partial charge in [-0.1, -0.05) is 34.1 Å². The maximum absolute atomic E-state index is 12.0. The third kappa shape index (κ3) is 6.55. The number of nitrogens with one attached hydrogen (secondary N) is 2. The quantitative estimate of drug-likeness (QED) is 0.376. The minimum atomic E-state index is -0.438. The molecule has 0 aliphatic rings. The number of aryl methyl sites for hydroxylation is 1. The van der Waals surface area contributed by atoms with Crippen LogP contribution in [0.1, 0.15) is 16.9 Å². The molecule has 3 aromatic rings. The number of methoxy groups -OCH3 is 1. The highest BCUT2D eigenvalue weighted by Crippen LogP contribution is 2.30. The number of hydrogen-bond donors (Lipinski definition) is 2. The number of amides is 2. The van der Waals surface area contributed by atoms with Crippen molar-refractivity contribution in [2.24, 2.45) is 5.10 Å². The van der Waals surface area contributed by atoms with Crippen LogP contribution < -0.4 is 15.5 Å². The third-order valence-electron chi connectivity index (χ3n) is 4.37. The second kappa shape index (κ2) is 10.6. The molecule has 0 atom stereocenters.